The average Bonchev–Trinajstić information content (AvgIpc) is 2.53. The predicted molar refractivity (Wildman–Crippen MR) is 82.8 cm³/mol. The van der Waals surface area contributed by atoms with Gasteiger partial charge in [0.25, 0.3) is 0 Å². The van der Waals surface area contributed by atoms with E-state index < -0.39 is 0 Å². The van der Waals surface area contributed by atoms with Gasteiger partial charge in [0.15, 0.2) is 0 Å². The zero-order valence-electron chi connectivity index (χ0n) is 12.5. The Hall–Kier alpha value is -2.49. The second-order valence-electron chi connectivity index (χ2n) is 4.73. The molecular weight excluding hydrogens is 266 g/mol. The van der Waals surface area contributed by atoms with Crippen molar-refractivity contribution in [3.8, 4) is 5.75 Å². The van der Waals surface area contributed by atoms with Crippen LogP contribution in [-0.2, 0) is 11.3 Å². The standard InChI is InChI=1S/C17H19NO3/c1-12-7-8-14(17(19)21-3)10-16(12)18-11-13-5-4-6-15(9-13)20-2/h4-10,18H,11H2,1-3H3. The molecule has 2 aromatic rings. The molecule has 0 aromatic heterocycles. The SMILES string of the molecule is COC(=O)c1ccc(C)c(NCc2cccc(OC)c2)c1. The molecule has 0 aliphatic rings. The van der Waals surface area contributed by atoms with Gasteiger partial charge in [-0.05, 0) is 42.3 Å². The normalized spacial score (nSPS) is 10.0. The minimum atomic E-state index is -0.334. The van der Waals surface area contributed by atoms with E-state index in [9.17, 15) is 4.79 Å². The molecule has 0 saturated heterocycles. The quantitative estimate of drug-likeness (QED) is 0.855. The van der Waals surface area contributed by atoms with Crippen molar-refractivity contribution >= 4 is 11.7 Å². The smallest absolute Gasteiger partial charge is 0.337 e. The molecule has 0 unspecified atom stereocenters. The van der Waals surface area contributed by atoms with E-state index in [4.69, 9.17) is 9.47 Å². The topological polar surface area (TPSA) is 47.6 Å². The molecule has 0 fully saturated rings. The van der Waals surface area contributed by atoms with E-state index in [1.807, 2.05) is 37.3 Å². The third kappa shape index (κ3) is 3.75. The molecule has 0 aliphatic carbocycles. The maximum absolute atomic E-state index is 11.6. The lowest BCUT2D eigenvalue weighted by Crippen LogP contribution is -2.05. The van der Waals surface area contributed by atoms with Crippen molar-refractivity contribution in [1.29, 1.82) is 0 Å². The van der Waals surface area contributed by atoms with Crippen LogP contribution in [0.3, 0.4) is 0 Å². The molecule has 1 N–H and O–H groups in total. The van der Waals surface area contributed by atoms with E-state index >= 15 is 0 Å². The highest BCUT2D eigenvalue weighted by Crippen LogP contribution is 2.19. The molecule has 4 nitrogen and oxygen atoms in total. The zero-order valence-corrected chi connectivity index (χ0v) is 12.5. The van der Waals surface area contributed by atoms with E-state index in [-0.39, 0.29) is 5.97 Å². The minimum absolute atomic E-state index is 0.334. The molecular formula is C17H19NO3. The summed E-state index contributed by atoms with van der Waals surface area (Å²) in [6.07, 6.45) is 0. The highest BCUT2D eigenvalue weighted by Gasteiger charge is 2.08. The summed E-state index contributed by atoms with van der Waals surface area (Å²) < 4.78 is 9.95. The Morgan fingerprint density at radius 1 is 1.14 bits per heavy atom. The summed E-state index contributed by atoms with van der Waals surface area (Å²) in [6.45, 7) is 2.65. The summed E-state index contributed by atoms with van der Waals surface area (Å²) in [5.41, 5.74) is 3.64. The van der Waals surface area contributed by atoms with Crippen LogP contribution in [0.2, 0.25) is 0 Å². The van der Waals surface area contributed by atoms with Crippen LogP contribution in [0, 0.1) is 6.92 Å². The number of hydrogen-bond donors (Lipinski definition) is 1. The lowest BCUT2D eigenvalue weighted by atomic mass is 10.1. The van der Waals surface area contributed by atoms with Crippen LogP contribution in [0.4, 0.5) is 5.69 Å². The first-order valence-electron chi connectivity index (χ1n) is 6.70. The molecule has 0 aliphatic heterocycles. The van der Waals surface area contributed by atoms with Gasteiger partial charge in [-0.3, -0.25) is 0 Å². The molecule has 0 atom stereocenters. The molecule has 0 amide bonds. The van der Waals surface area contributed by atoms with Gasteiger partial charge in [0.05, 0.1) is 19.8 Å². The largest absolute Gasteiger partial charge is 0.497 e. The number of methoxy groups -OCH3 is 2. The fourth-order valence-corrected chi connectivity index (χ4v) is 2.04. The molecule has 21 heavy (non-hydrogen) atoms. The van der Waals surface area contributed by atoms with Crippen LogP contribution in [-0.4, -0.2) is 20.2 Å². The van der Waals surface area contributed by atoms with Gasteiger partial charge in [-0.2, -0.15) is 0 Å². The predicted octanol–water partition coefficient (Wildman–Crippen LogP) is 3.40. The first-order chi connectivity index (χ1) is 10.1. The monoisotopic (exact) mass is 285 g/mol. The molecule has 0 heterocycles. The number of rotatable bonds is 5. The van der Waals surface area contributed by atoms with Gasteiger partial charge in [0.2, 0.25) is 0 Å². The molecule has 0 radical (unpaired) electrons. The lowest BCUT2D eigenvalue weighted by molar-refractivity contribution is 0.0601. The Labute approximate surface area is 124 Å². The molecule has 110 valence electrons. The summed E-state index contributed by atoms with van der Waals surface area (Å²) in [5, 5.41) is 3.34. The van der Waals surface area contributed by atoms with Gasteiger partial charge >= 0.3 is 5.97 Å². The van der Waals surface area contributed by atoms with Crippen molar-refractivity contribution in [2.24, 2.45) is 0 Å². The van der Waals surface area contributed by atoms with Gasteiger partial charge < -0.3 is 14.8 Å². The number of benzene rings is 2. The number of nitrogens with one attached hydrogen (secondary N) is 1. The van der Waals surface area contributed by atoms with Gasteiger partial charge in [0, 0.05) is 12.2 Å². The van der Waals surface area contributed by atoms with Crippen molar-refractivity contribution in [2.75, 3.05) is 19.5 Å². The van der Waals surface area contributed by atoms with Crippen molar-refractivity contribution < 1.29 is 14.3 Å². The van der Waals surface area contributed by atoms with Crippen molar-refractivity contribution in [3.63, 3.8) is 0 Å². The number of carbonyl (C=O) groups is 1. The van der Waals surface area contributed by atoms with Crippen LogP contribution >= 0.6 is 0 Å². The first-order valence-corrected chi connectivity index (χ1v) is 6.70. The van der Waals surface area contributed by atoms with E-state index in [0.29, 0.717) is 12.1 Å². The maximum atomic E-state index is 11.6. The van der Waals surface area contributed by atoms with E-state index in [0.717, 1.165) is 22.6 Å². The highest BCUT2D eigenvalue weighted by molar-refractivity contribution is 5.90. The molecule has 0 spiro atoms. The summed E-state index contributed by atoms with van der Waals surface area (Å²) in [5.74, 6) is 0.494. The Bertz CT molecular complexity index is 638. The van der Waals surface area contributed by atoms with Crippen LogP contribution in [0.5, 0.6) is 5.75 Å². The third-order valence-electron chi connectivity index (χ3n) is 3.28. The van der Waals surface area contributed by atoms with Gasteiger partial charge in [-0.15, -0.1) is 0 Å². The van der Waals surface area contributed by atoms with Gasteiger partial charge in [-0.1, -0.05) is 18.2 Å². The highest BCUT2D eigenvalue weighted by atomic mass is 16.5. The Morgan fingerprint density at radius 2 is 1.95 bits per heavy atom. The molecule has 2 rings (SSSR count). The van der Waals surface area contributed by atoms with E-state index in [1.54, 1.807) is 19.2 Å². The maximum Gasteiger partial charge on any atom is 0.337 e. The zero-order chi connectivity index (χ0) is 15.2. The Kier molecular flexibility index (Phi) is 4.82. The molecule has 0 saturated carbocycles. The second-order valence-corrected chi connectivity index (χ2v) is 4.73. The summed E-state index contributed by atoms with van der Waals surface area (Å²) in [4.78, 5) is 11.6. The fraction of sp³-hybridized carbons (Fsp3) is 0.235. The summed E-state index contributed by atoms with van der Waals surface area (Å²) >= 11 is 0. The van der Waals surface area contributed by atoms with Crippen molar-refractivity contribution in [1.82, 2.24) is 0 Å². The number of aryl methyl sites for hydroxylation is 1. The van der Waals surface area contributed by atoms with E-state index in [2.05, 4.69) is 5.32 Å². The second kappa shape index (κ2) is 6.79. The summed E-state index contributed by atoms with van der Waals surface area (Å²) in [7, 11) is 3.03. The average molecular weight is 285 g/mol. The van der Waals surface area contributed by atoms with Crippen LogP contribution in [0.15, 0.2) is 42.5 Å². The van der Waals surface area contributed by atoms with Gasteiger partial charge in [-0.25, -0.2) is 4.79 Å². The number of esters is 1. The number of ether oxygens (including phenoxy) is 2. The number of hydrogen-bond acceptors (Lipinski definition) is 4. The van der Waals surface area contributed by atoms with Gasteiger partial charge in [0.1, 0.15) is 5.75 Å². The minimum Gasteiger partial charge on any atom is -0.497 e. The molecule has 0 bridgehead atoms. The van der Waals surface area contributed by atoms with Crippen LogP contribution < -0.4 is 10.1 Å². The third-order valence-corrected chi connectivity index (χ3v) is 3.28. The Balaban J connectivity index is 2.13. The molecule has 4 heteroatoms. The number of anilines is 1. The Morgan fingerprint density at radius 3 is 2.67 bits per heavy atom. The van der Waals surface area contributed by atoms with E-state index in [1.165, 1.54) is 7.11 Å². The fourth-order valence-electron chi connectivity index (χ4n) is 2.04. The van der Waals surface area contributed by atoms with Crippen LogP contribution in [0.25, 0.3) is 0 Å². The van der Waals surface area contributed by atoms with Crippen molar-refractivity contribution in [3.05, 3.63) is 59.2 Å². The van der Waals surface area contributed by atoms with Crippen LogP contribution in [0.1, 0.15) is 21.5 Å². The van der Waals surface area contributed by atoms with Crippen molar-refractivity contribution in [2.45, 2.75) is 13.5 Å². The first kappa shape index (κ1) is 14.9. The number of carbonyl (C=O) groups excluding carboxylic acids is 1. The summed E-state index contributed by atoms with van der Waals surface area (Å²) in [6, 6.07) is 13.3. The lowest BCUT2D eigenvalue weighted by Gasteiger charge is -2.11. The molecule has 2 aromatic carbocycles.